The molecule has 2 unspecified atom stereocenters. The molecule has 2 aromatic carbocycles. The Morgan fingerprint density at radius 3 is 2.15 bits per heavy atom. The van der Waals surface area contributed by atoms with Crippen LogP contribution in [0.25, 0.3) is 5.57 Å². The third-order valence-electron chi connectivity index (χ3n) is 6.21. The lowest BCUT2D eigenvalue weighted by atomic mass is 9.76. The number of hydrogen-bond acceptors (Lipinski definition) is 1. The highest BCUT2D eigenvalue weighted by atomic mass is 35.5. The van der Waals surface area contributed by atoms with Gasteiger partial charge in [-0.25, -0.2) is 8.78 Å². The Hall–Kier alpha value is -1.39. The van der Waals surface area contributed by atoms with Gasteiger partial charge in [0.05, 0.1) is 15.1 Å². The molecule has 0 radical (unpaired) electrons. The molecular formula is C27H31Cl3F2O. The average Bonchev–Trinajstić information content (AvgIpc) is 2.79. The van der Waals surface area contributed by atoms with Crippen LogP contribution in [0, 0.1) is 12.8 Å². The second-order valence-electron chi connectivity index (χ2n) is 8.47. The fourth-order valence-corrected chi connectivity index (χ4v) is 4.41. The SMILES string of the molecule is C=C(/C=C/C(C)CC)c1cc(CC)c(C(O)(c2cc(Cl)c(Cl)c(Cl)c2)C(F)(F)CC)cc1C. The van der Waals surface area contributed by atoms with E-state index in [1.165, 1.54) is 19.1 Å². The molecule has 0 spiro atoms. The van der Waals surface area contributed by atoms with Crippen LogP contribution in [-0.4, -0.2) is 11.0 Å². The van der Waals surface area contributed by atoms with E-state index < -0.39 is 17.9 Å². The van der Waals surface area contributed by atoms with Gasteiger partial charge < -0.3 is 5.11 Å². The number of alkyl halides is 2. The monoisotopic (exact) mass is 514 g/mol. The Bertz CT molecular complexity index is 1040. The van der Waals surface area contributed by atoms with E-state index >= 15 is 8.78 Å². The minimum absolute atomic E-state index is 0.000515. The zero-order valence-corrected chi connectivity index (χ0v) is 22.0. The van der Waals surface area contributed by atoms with E-state index in [4.69, 9.17) is 34.8 Å². The zero-order chi connectivity index (χ0) is 25.1. The van der Waals surface area contributed by atoms with E-state index in [1.54, 1.807) is 6.07 Å². The molecule has 0 aliphatic rings. The van der Waals surface area contributed by atoms with Crippen LogP contribution >= 0.6 is 34.8 Å². The summed E-state index contributed by atoms with van der Waals surface area (Å²) in [5.41, 5.74) is 0.325. The molecule has 0 aliphatic heterocycles. The summed E-state index contributed by atoms with van der Waals surface area (Å²) in [7, 11) is 0. The Morgan fingerprint density at radius 1 is 1.09 bits per heavy atom. The van der Waals surface area contributed by atoms with Crippen molar-refractivity contribution in [2.75, 3.05) is 0 Å². The number of allylic oxidation sites excluding steroid dienone is 3. The van der Waals surface area contributed by atoms with E-state index in [1.807, 2.05) is 26.0 Å². The van der Waals surface area contributed by atoms with E-state index in [-0.39, 0.29) is 26.2 Å². The molecule has 1 nitrogen and oxygen atoms in total. The maximum atomic E-state index is 15.5. The average molecular weight is 516 g/mol. The van der Waals surface area contributed by atoms with Crippen LogP contribution in [0.5, 0.6) is 0 Å². The fourth-order valence-electron chi connectivity index (χ4n) is 3.82. The highest BCUT2D eigenvalue weighted by molar-refractivity contribution is 6.48. The molecule has 0 saturated heterocycles. The van der Waals surface area contributed by atoms with Crippen molar-refractivity contribution >= 4 is 40.4 Å². The molecule has 2 rings (SSSR count). The molecule has 0 heterocycles. The predicted octanol–water partition coefficient (Wildman–Crippen LogP) is 9.41. The van der Waals surface area contributed by atoms with Gasteiger partial charge in [0.2, 0.25) is 0 Å². The first-order chi connectivity index (χ1) is 15.3. The Morgan fingerprint density at radius 2 is 1.67 bits per heavy atom. The van der Waals surface area contributed by atoms with Crippen LogP contribution in [0.4, 0.5) is 8.78 Å². The number of aryl methyl sites for hydroxylation is 2. The lowest BCUT2D eigenvalue weighted by Crippen LogP contribution is -2.46. The zero-order valence-electron chi connectivity index (χ0n) is 19.7. The quantitative estimate of drug-likeness (QED) is 0.260. The number of hydrogen-bond donors (Lipinski definition) is 1. The largest absolute Gasteiger partial charge is 0.374 e. The molecule has 1 N–H and O–H groups in total. The molecule has 6 heteroatoms. The molecule has 0 aromatic heterocycles. The van der Waals surface area contributed by atoms with Crippen LogP contribution in [-0.2, 0) is 12.0 Å². The summed E-state index contributed by atoms with van der Waals surface area (Å²) in [5, 5.41) is 11.8. The first-order valence-corrected chi connectivity index (χ1v) is 12.2. The van der Waals surface area contributed by atoms with Gasteiger partial charge in [0.25, 0.3) is 5.92 Å². The van der Waals surface area contributed by atoms with Gasteiger partial charge >= 0.3 is 0 Å². The summed E-state index contributed by atoms with van der Waals surface area (Å²) >= 11 is 18.4. The number of halogens is 5. The van der Waals surface area contributed by atoms with Crippen LogP contribution < -0.4 is 0 Å². The highest BCUT2D eigenvalue weighted by Crippen LogP contribution is 2.49. The van der Waals surface area contributed by atoms with Gasteiger partial charge in [0.15, 0.2) is 5.60 Å². The van der Waals surface area contributed by atoms with Gasteiger partial charge in [-0.15, -0.1) is 0 Å². The first-order valence-electron chi connectivity index (χ1n) is 11.1. The lowest BCUT2D eigenvalue weighted by Gasteiger charge is -2.38. The Kier molecular flexibility index (Phi) is 9.20. The van der Waals surface area contributed by atoms with Crippen molar-refractivity contribution in [2.24, 2.45) is 5.92 Å². The summed E-state index contributed by atoms with van der Waals surface area (Å²) in [6.45, 7) is 13.4. The third-order valence-corrected chi connectivity index (χ3v) is 7.41. The second-order valence-corrected chi connectivity index (χ2v) is 9.66. The summed E-state index contributed by atoms with van der Waals surface area (Å²) in [6, 6.07) is 5.98. The van der Waals surface area contributed by atoms with Crippen molar-refractivity contribution in [3.8, 4) is 0 Å². The van der Waals surface area contributed by atoms with Crippen molar-refractivity contribution in [3.63, 3.8) is 0 Å². The van der Waals surface area contributed by atoms with Gasteiger partial charge in [-0.2, -0.15) is 0 Å². The minimum atomic E-state index is -3.50. The normalized spacial score (nSPS) is 15.0. The summed E-state index contributed by atoms with van der Waals surface area (Å²) < 4.78 is 31.0. The molecule has 0 bridgehead atoms. The van der Waals surface area contributed by atoms with Gasteiger partial charge in [-0.1, -0.05) is 99.8 Å². The maximum absolute atomic E-state index is 15.5. The van der Waals surface area contributed by atoms with Crippen molar-refractivity contribution in [2.45, 2.75) is 65.4 Å². The molecule has 2 aromatic rings. The molecule has 0 amide bonds. The summed E-state index contributed by atoms with van der Waals surface area (Å²) in [6.07, 6.45) is 4.90. The number of aliphatic hydroxyl groups is 1. The van der Waals surface area contributed by atoms with Crippen molar-refractivity contribution < 1.29 is 13.9 Å². The third kappa shape index (κ3) is 5.48. The topological polar surface area (TPSA) is 20.2 Å². The van der Waals surface area contributed by atoms with E-state index in [0.717, 1.165) is 23.1 Å². The molecule has 0 fully saturated rings. The van der Waals surface area contributed by atoms with Crippen LogP contribution in [0.3, 0.4) is 0 Å². The molecule has 0 aliphatic carbocycles. The molecule has 33 heavy (non-hydrogen) atoms. The maximum Gasteiger partial charge on any atom is 0.284 e. The molecule has 0 saturated carbocycles. The van der Waals surface area contributed by atoms with Crippen LogP contribution in [0.1, 0.15) is 68.4 Å². The molecule has 180 valence electrons. The Labute approximate surface area is 211 Å². The number of benzene rings is 2. The number of rotatable bonds is 9. The standard InChI is InChI=1S/C27H31Cl3F2O/c1-7-16(4)10-11-17(5)21-13-19(8-2)22(12-18(21)6)27(33,26(31,32)9-3)20-14-23(28)25(30)24(29)15-20/h10-16,33H,5,7-9H2,1-4,6H3/b11-10+. The van der Waals surface area contributed by atoms with Crippen molar-refractivity contribution in [1.29, 1.82) is 0 Å². The van der Waals surface area contributed by atoms with Gasteiger partial charge in [0.1, 0.15) is 0 Å². The first kappa shape index (κ1) is 27.9. The van der Waals surface area contributed by atoms with E-state index in [2.05, 4.69) is 26.5 Å². The van der Waals surface area contributed by atoms with Crippen LogP contribution in [0.2, 0.25) is 15.1 Å². The van der Waals surface area contributed by atoms with E-state index in [9.17, 15) is 5.11 Å². The second kappa shape index (κ2) is 10.9. The van der Waals surface area contributed by atoms with E-state index in [0.29, 0.717) is 17.9 Å². The van der Waals surface area contributed by atoms with Gasteiger partial charge in [0, 0.05) is 6.42 Å². The van der Waals surface area contributed by atoms with Gasteiger partial charge in [-0.3, -0.25) is 0 Å². The highest BCUT2D eigenvalue weighted by Gasteiger charge is 2.55. The van der Waals surface area contributed by atoms with Crippen LogP contribution in [0.15, 0.2) is 43.0 Å². The van der Waals surface area contributed by atoms with Crippen molar-refractivity contribution in [1.82, 2.24) is 0 Å². The van der Waals surface area contributed by atoms with Crippen molar-refractivity contribution in [3.05, 3.63) is 85.9 Å². The lowest BCUT2D eigenvalue weighted by molar-refractivity contribution is -0.166. The molecule has 2 atom stereocenters. The molecular weight excluding hydrogens is 485 g/mol. The summed E-state index contributed by atoms with van der Waals surface area (Å²) in [5.74, 6) is -3.10. The summed E-state index contributed by atoms with van der Waals surface area (Å²) in [4.78, 5) is 0. The smallest absolute Gasteiger partial charge is 0.284 e. The fraction of sp³-hybridized carbons (Fsp3) is 0.407. The van der Waals surface area contributed by atoms with Gasteiger partial charge in [-0.05, 0) is 64.8 Å². The predicted molar refractivity (Wildman–Crippen MR) is 138 cm³/mol. The minimum Gasteiger partial charge on any atom is -0.374 e. The Balaban J connectivity index is 2.79.